The molecule has 0 fully saturated rings. The minimum absolute atomic E-state index is 0.563. The molecule has 0 saturated heterocycles. The molecule has 0 aliphatic rings. The first-order valence-corrected chi connectivity index (χ1v) is 7.17. The summed E-state index contributed by atoms with van der Waals surface area (Å²) in [6.45, 7) is 9.94. The van der Waals surface area contributed by atoms with E-state index in [0.717, 1.165) is 25.4 Å². The SMILES string of the molecule is CCOc1ccc(CN(C)CC(CN)C(C)C)cc1. The molecule has 19 heavy (non-hydrogen) atoms. The summed E-state index contributed by atoms with van der Waals surface area (Å²) in [6.07, 6.45) is 0. The van der Waals surface area contributed by atoms with Crippen LogP contribution in [0.5, 0.6) is 5.75 Å². The topological polar surface area (TPSA) is 38.5 Å². The second-order valence-corrected chi connectivity index (χ2v) is 5.51. The average molecular weight is 264 g/mol. The highest BCUT2D eigenvalue weighted by molar-refractivity contribution is 5.27. The van der Waals surface area contributed by atoms with E-state index in [1.165, 1.54) is 5.56 Å². The first-order valence-electron chi connectivity index (χ1n) is 7.17. The van der Waals surface area contributed by atoms with Crippen LogP contribution in [0, 0.1) is 11.8 Å². The molecule has 0 spiro atoms. The summed E-state index contributed by atoms with van der Waals surface area (Å²) in [7, 11) is 2.15. The van der Waals surface area contributed by atoms with Gasteiger partial charge in [-0.25, -0.2) is 0 Å². The zero-order chi connectivity index (χ0) is 14.3. The summed E-state index contributed by atoms with van der Waals surface area (Å²) in [6, 6.07) is 8.34. The van der Waals surface area contributed by atoms with Crippen LogP contribution in [0.3, 0.4) is 0 Å². The third kappa shape index (κ3) is 5.62. The van der Waals surface area contributed by atoms with Gasteiger partial charge in [-0.3, -0.25) is 0 Å². The third-order valence-electron chi connectivity index (χ3n) is 3.48. The minimum atomic E-state index is 0.563. The van der Waals surface area contributed by atoms with Crippen molar-refractivity contribution in [2.45, 2.75) is 27.3 Å². The summed E-state index contributed by atoms with van der Waals surface area (Å²) in [4.78, 5) is 2.34. The van der Waals surface area contributed by atoms with Crippen molar-refractivity contribution in [3.8, 4) is 5.75 Å². The predicted molar refractivity (Wildman–Crippen MR) is 81.3 cm³/mol. The lowest BCUT2D eigenvalue weighted by atomic mass is 9.95. The van der Waals surface area contributed by atoms with E-state index in [2.05, 4.69) is 37.9 Å². The molecule has 3 nitrogen and oxygen atoms in total. The Morgan fingerprint density at radius 3 is 2.32 bits per heavy atom. The van der Waals surface area contributed by atoms with Crippen molar-refractivity contribution in [2.24, 2.45) is 17.6 Å². The van der Waals surface area contributed by atoms with Crippen LogP contribution >= 0.6 is 0 Å². The number of nitrogens with two attached hydrogens (primary N) is 1. The predicted octanol–water partition coefficient (Wildman–Crippen LogP) is 2.75. The van der Waals surface area contributed by atoms with Gasteiger partial charge >= 0.3 is 0 Å². The highest BCUT2D eigenvalue weighted by Gasteiger charge is 2.14. The fraction of sp³-hybridized carbons (Fsp3) is 0.625. The summed E-state index contributed by atoms with van der Waals surface area (Å²) in [5.74, 6) is 2.14. The Kier molecular flexibility index (Phi) is 6.89. The Morgan fingerprint density at radius 1 is 1.21 bits per heavy atom. The molecular weight excluding hydrogens is 236 g/mol. The number of benzene rings is 1. The second-order valence-electron chi connectivity index (χ2n) is 5.51. The van der Waals surface area contributed by atoms with E-state index in [1.54, 1.807) is 0 Å². The van der Waals surface area contributed by atoms with Crippen LogP contribution in [0.2, 0.25) is 0 Å². The van der Waals surface area contributed by atoms with Gasteiger partial charge in [0.2, 0.25) is 0 Å². The monoisotopic (exact) mass is 264 g/mol. The van der Waals surface area contributed by atoms with E-state index in [1.807, 2.05) is 19.1 Å². The largest absolute Gasteiger partial charge is 0.494 e. The molecule has 1 atom stereocenters. The fourth-order valence-electron chi connectivity index (χ4n) is 2.19. The maximum Gasteiger partial charge on any atom is 0.119 e. The maximum absolute atomic E-state index is 5.83. The maximum atomic E-state index is 5.83. The van der Waals surface area contributed by atoms with Gasteiger partial charge in [-0.15, -0.1) is 0 Å². The van der Waals surface area contributed by atoms with Crippen molar-refractivity contribution >= 4 is 0 Å². The van der Waals surface area contributed by atoms with E-state index in [9.17, 15) is 0 Å². The fourth-order valence-corrected chi connectivity index (χ4v) is 2.19. The van der Waals surface area contributed by atoms with Crippen molar-refractivity contribution < 1.29 is 4.74 Å². The number of ether oxygens (including phenoxy) is 1. The summed E-state index contributed by atoms with van der Waals surface area (Å²) >= 11 is 0. The van der Waals surface area contributed by atoms with Gasteiger partial charge in [-0.05, 0) is 50.0 Å². The van der Waals surface area contributed by atoms with Crippen LogP contribution < -0.4 is 10.5 Å². The first kappa shape index (κ1) is 16.0. The van der Waals surface area contributed by atoms with Crippen LogP contribution in [0.15, 0.2) is 24.3 Å². The molecule has 1 aromatic carbocycles. The molecule has 0 saturated carbocycles. The standard InChI is InChI=1S/C16H28N2O/c1-5-19-16-8-6-14(7-9-16)11-18(4)12-15(10-17)13(2)3/h6-9,13,15H,5,10-12,17H2,1-4H3. The Morgan fingerprint density at radius 2 is 1.84 bits per heavy atom. The Balaban J connectivity index is 2.49. The lowest BCUT2D eigenvalue weighted by Crippen LogP contribution is -2.32. The van der Waals surface area contributed by atoms with Gasteiger partial charge in [-0.2, -0.15) is 0 Å². The van der Waals surface area contributed by atoms with E-state index < -0.39 is 0 Å². The molecular formula is C16H28N2O. The number of rotatable bonds is 8. The molecule has 1 aromatic rings. The van der Waals surface area contributed by atoms with Crippen molar-refractivity contribution in [1.82, 2.24) is 4.90 Å². The lowest BCUT2D eigenvalue weighted by molar-refractivity contribution is 0.234. The normalized spacial score (nSPS) is 13.0. The second kappa shape index (κ2) is 8.18. The van der Waals surface area contributed by atoms with E-state index in [0.29, 0.717) is 18.4 Å². The number of nitrogens with zero attached hydrogens (tertiary/aromatic N) is 1. The minimum Gasteiger partial charge on any atom is -0.494 e. The Hall–Kier alpha value is -1.06. The zero-order valence-corrected chi connectivity index (χ0v) is 12.7. The van der Waals surface area contributed by atoms with Crippen LogP contribution in [0.25, 0.3) is 0 Å². The molecule has 0 aliphatic carbocycles. The third-order valence-corrected chi connectivity index (χ3v) is 3.48. The molecule has 1 unspecified atom stereocenters. The van der Waals surface area contributed by atoms with Gasteiger partial charge in [0, 0.05) is 13.1 Å². The molecule has 0 heterocycles. The van der Waals surface area contributed by atoms with Crippen LogP contribution in [-0.4, -0.2) is 31.6 Å². The smallest absolute Gasteiger partial charge is 0.119 e. The van der Waals surface area contributed by atoms with Gasteiger partial charge in [-0.1, -0.05) is 26.0 Å². The van der Waals surface area contributed by atoms with E-state index in [-0.39, 0.29) is 0 Å². The van der Waals surface area contributed by atoms with Gasteiger partial charge in [0.1, 0.15) is 5.75 Å². The van der Waals surface area contributed by atoms with Gasteiger partial charge in [0.15, 0.2) is 0 Å². The molecule has 3 heteroatoms. The van der Waals surface area contributed by atoms with Crippen LogP contribution in [0.1, 0.15) is 26.3 Å². The van der Waals surface area contributed by atoms with Crippen LogP contribution in [-0.2, 0) is 6.54 Å². The molecule has 0 aliphatic heterocycles. The quantitative estimate of drug-likeness (QED) is 0.784. The van der Waals surface area contributed by atoms with E-state index >= 15 is 0 Å². The number of hydrogen-bond acceptors (Lipinski definition) is 3. The van der Waals surface area contributed by atoms with Gasteiger partial charge < -0.3 is 15.4 Å². The van der Waals surface area contributed by atoms with Gasteiger partial charge in [0.05, 0.1) is 6.61 Å². The highest BCUT2D eigenvalue weighted by atomic mass is 16.5. The van der Waals surface area contributed by atoms with E-state index in [4.69, 9.17) is 10.5 Å². The van der Waals surface area contributed by atoms with Crippen LogP contribution in [0.4, 0.5) is 0 Å². The van der Waals surface area contributed by atoms with Crippen molar-refractivity contribution in [3.63, 3.8) is 0 Å². The van der Waals surface area contributed by atoms with Crippen molar-refractivity contribution in [1.29, 1.82) is 0 Å². The molecule has 0 amide bonds. The summed E-state index contributed by atoms with van der Waals surface area (Å²) < 4.78 is 5.45. The highest BCUT2D eigenvalue weighted by Crippen LogP contribution is 2.15. The molecule has 0 radical (unpaired) electrons. The molecule has 0 bridgehead atoms. The Bertz CT molecular complexity index is 348. The molecule has 2 N–H and O–H groups in total. The van der Waals surface area contributed by atoms with Crippen molar-refractivity contribution in [3.05, 3.63) is 29.8 Å². The Labute approximate surface area is 117 Å². The molecule has 108 valence electrons. The number of hydrogen-bond donors (Lipinski definition) is 1. The lowest BCUT2D eigenvalue weighted by Gasteiger charge is -2.25. The molecule has 1 rings (SSSR count). The first-order chi connectivity index (χ1) is 9.06. The zero-order valence-electron chi connectivity index (χ0n) is 12.7. The average Bonchev–Trinajstić information content (AvgIpc) is 2.38. The van der Waals surface area contributed by atoms with Gasteiger partial charge in [0.25, 0.3) is 0 Å². The summed E-state index contributed by atoms with van der Waals surface area (Å²) in [5.41, 5.74) is 7.14. The summed E-state index contributed by atoms with van der Waals surface area (Å²) in [5, 5.41) is 0. The molecule has 0 aromatic heterocycles. The van der Waals surface area contributed by atoms with Crippen molar-refractivity contribution in [2.75, 3.05) is 26.7 Å².